The normalized spacial score (nSPS) is 15.9. The predicted molar refractivity (Wildman–Crippen MR) is 73.7 cm³/mol. The number of likely N-dealkylation sites (tertiary alicyclic amines) is 1. The number of amides is 1. The van der Waals surface area contributed by atoms with E-state index in [-0.39, 0.29) is 24.0 Å². The van der Waals surface area contributed by atoms with Crippen LogP contribution in [0.25, 0.3) is 0 Å². The maximum absolute atomic E-state index is 12.1. The van der Waals surface area contributed by atoms with Crippen LogP contribution in [0.4, 0.5) is 8.78 Å². The number of rotatable bonds is 5. The molecule has 1 heterocycles. The van der Waals surface area contributed by atoms with Crippen LogP contribution in [-0.4, -0.2) is 41.6 Å². The van der Waals surface area contributed by atoms with Crippen LogP contribution < -0.4 is 4.74 Å². The number of carbonyl (C=O) groups is 2. The van der Waals surface area contributed by atoms with Crippen LogP contribution in [0.5, 0.6) is 5.75 Å². The minimum atomic E-state index is -2.87. The Balaban J connectivity index is 1.86. The zero-order valence-corrected chi connectivity index (χ0v) is 11.9. The van der Waals surface area contributed by atoms with Gasteiger partial charge in [0.2, 0.25) is 5.91 Å². The maximum atomic E-state index is 12.1. The van der Waals surface area contributed by atoms with Crippen molar-refractivity contribution in [2.75, 3.05) is 13.1 Å². The largest absolute Gasteiger partial charge is 0.481 e. The summed E-state index contributed by atoms with van der Waals surface area (Å²) in [5.74, 6) is -1.24. The number of alkyl halides is 2. The van der Waals surface area contributed by atoms with Gasteiger partial charge >= 0.3 is 12.6 Å². The minimum Gasteiger partial charge on any atom is -0.481 e. The Morgan fingerprint density at radius 3 is 2.32 bits per heavy atom. The van der Waals surface area contributed by atoms with Crippen molar-refractivity contribution < 1.29 is 28.2 Å². The van der Waals surface area contributed by atoms with Gasteiger partial charge in [-0.05, 0) is 30.5 Å². The minimum absolute atomic E-state index is 0.0495. The van der Waals surface area contributed by atoms with Gasteiger partial charge in [-0.25, -0.2) is 0 Å². The molecule has 0 aliphatic carbocycles. The summed E-state index contributed by atoms with van der Waals surface area (Å²) in [7, 11) is 0. The van der Waals surface area contributed by atoms with Crippen LogP contribution >= 0.6 is 0 Å². The highest BCUT2D eigenvalue weighted by Gasteiger charge is 2.26. The van der Waals surface area contributed by atoms with Crippen LogP contribution in [0.3, 0.4) is 0 Å². The van der Waals surface area contributed by atoms with Crippen LogP contribution in [-0.2, 0) is 16.0 Å². The van der Waals surface area contributed by atoms with E-state index in [2.05, 4.69) is 4.74 Å². The molecular formula is C15H17F2NO4. The van der Waals surface area contributed by atoms with Gasteiger partial charge in [0, 0.05) is 13.1 Å². The van der Waals surface area contributed by atoms with Crippen molar-refractivity contribution in [3.8, 4) is 5.75 Å². The molecule has 0 aromatic heterocycles. The highest BCUT2D eigenvalue weighted by atomic mass is 19.3. The third-order valence-corrected chi connectivity index (χ3v) is 3.70. The van der Waals surface area contributed by atoms with E-state index in [4.69, 9.17) is 5.11 Å². The zero-order valence-electron chi connectivity index (χ0n) is 11.9. The molecule has 0 saturated carbocycles. The zero-order chi connectivity index (χ0) is 16.1. The van der Waals surface area contributed by atoms with Gasteiger partial charge in [-0.2, -0.15) is 8.78 Å². The number of halogens is 2. The number of carboxylic acids is 1. The average Bonchev–Trinajstić information content (AvgIpc) is 2.49. The van der Waals surface area contributed by atoms with E-state index in [9.17, 15) is 18.4 Å². The van der Waals surface area contributed by atoms with Gasteiger partial charge in [0.25, 0.3) is 0 Å². The number of carboxylic acid groups (broad SMARTS) is 1. The van der Waals surface area contributed by atoms with Gasteiger partial charge in [0.15, 0.2) is 0 Å². The monoisotopic (exact) mass is 313 g/mol. The van der Waals surface area contributed by atoms with Crippen LogP contribution in [0.2, 0.25) is 0 Å². The Morgan fingerprint density at radius 2 is 1.82 bits per heavy atom. The predicted octanol–water partition coefficient (Wildman–Crippen LogP) is 2.15. The number of nitrogens with zero attached hydrogens (tertiary/aromatic N) is 1. The molecule has 0 unspecified atom stereocenters. The molecule has 120 valence electrons. The van der Waals surface area contributed by atoms with Crippen LogP contribution in [0, 0.1) is 5.92 Å². The summed E-state index contributed by atoms with van der Waals surface area (Å²) in [5.41, 5.74) is 0.701. The van der Waals surface area contributed by atoms with Crippen molar-refractivity contribution in [1.29, 1.82) is 0 Å². The van der Waals surface area contributed by atoms with Crippen molar-refractivity contribution in [3.63, 3.8) is 0 Å². The summed E-state index contributed by atoms with van der Waals surface area (Å²) < 4.78 is 28.3. The molecule has 1 aliphatic heterocycles. The molecule has 1 N–H and O–H groups in total. The van der Waals surface area contributed by atoms with Crippen molar-refractivity contribution >= 4 is 11.9 Å². The molecule has 0 bridgehead atoms. The number of aliphatic carboxylic acids is 1. The van der Waals surface area contributed by atoms with Gasteiger partial charge in [0.1, 0.15) is 5.75 Å². The van der Waals surface area contributed by atoms with Crippen molar-refractivity contribution in [3.05, 3.63) is 29.8 Å². The van der Waals surface area contributed by atoms with Gasteiger partial charge in [-0.1, -0.05) is 12.1 Å². The second-order valence-electron chi connectivity index (χ2n) is 5.19. The molecule has 2 rings (SSSR count). The van der Waals surface area contributed by atoms with Crippen molar-refractivity contribution in [1.82, 2.24) is 4.90 Å². The van der Waals surface area contributed by atoms with E-state index in [1.807, 2.05) is 0 Å². The Labute approximate surface area is 126 Å². The summed E-state index contributed by atoms with van der Waals surface area (Å²) in [6.45, 7) is -2.01. The first-order chi connectivity index (χ1) is 10.5. The average molecular weight is 313 g/mol. The fourth-order valence-electron chi connectivity index (χ4n) is 2.45. The molecule has 22 heavy (non-hydrogen) atoms. The quantitative estimate of drug-likeness (QED) is 0.904. The number of ether oxygens (including phenoxy) is 1. The lowest BCUT2D eigenvalue weighted by atomic mass is 9.96. The van der Waals surface area contributed by atoms with Crippen molar-refractivity contribution in [2.45, 2.75) is 25.9 Å². The first-order valence-corrected chi connectivity index (χ1v) is 7.00. The molecule has 1 aromatic carbocycles. The SMILES string of the molecule is O=C(O)C1CCN(C(=O)Cc2ccc(OC(F)F)cc2)CC1. The lowest BCUT2D eigenvalue weighted by Crippen LogP contribution is -2.40. The summed E-state index contributed by atoms with van der Waals surface area (Å²) in [6, 6.07) is 5.93. The molecule has 0 spiro atoms. The fraction of sp³-hybridized carbons (Fsp3) is 0.467. The van der Waals surface area contributed by atoms with E-state index < -0.39 is 12.6 Å². The fourth-order valence-corrected chi connectivity index (χ4v) is 2.45. The third-order valence-electron chi connectivity index (χ3n) is 3.70. The summed E-state index contributed by atoms with van der Waals surface area (Å²) in [4.78, 5) is 24.6. The number of hydrogen-bond donors (Lipinski definition) is 1. The molecule has 1 aromatic rings. The number of hydrogen-bond acceptors (Lipinski definition) is 3. The summed E-state index contributed by atoms with van der Waals surface area (Å²) in [6.07, 6.45) is 1.08. The molecule has 1 amide bonds. The molecule has 0 radical (unpaired) electrons. The van der Waals surface area contributed by atoms with E-state index in [0.717, 1.165) is 0 Å². The van der Waals surface area contributed by atoms with Gasteiger partial charge in [0.05, 0.1) is 12.3 Å². The van der Waals surface area contributed by atoms with Gasteiger partial charge < -0.3 is 14.7 Å². The van der Waals surface area contributed by atoms with Gasteiger partial charge in [-0.3, -0.25) is 9.59 Å². The molecule has 1 aliphatic rings. The molecule has 1 saturated heterocycles. The van der Waals surface area contributed by atoms with E-state index in [1.165, 1.54) is 12.1 Å². The third kappa shape index (κ3) is 4.41. The van der Waals surface area contributed by atoms with E-state index in [1.54, 1.807) is 17.0 Å². The lowest BCUT2D eigenvalue weighted by molar-refractivity contribution is -0.145. The first kappa shape index (κ1) is 16.2. The van der Waals surface area contributed by atoms with E-state index in [0.29, 0.717) is 31.5 Å². The number of benzene rings is 1. The van der Waals surface area contributed by atoms with E-state index >= 15 is 0 Å². The lowest BCUT2D eigenvalue weighted by Gasteiger charge is -2.30. The van der Waals surface area contributed by atoms with Crippen LogP contribution in [0.15, 0.2) is 24.3 Å². The molecule has 5 nitrogen and oxygen atoms in total. The Bertz CT molecular complexity index is 525. The number of piperidine rings is 1. The highest BCUT2D eigenvalue weighted by molar-refractivity contribution is 5.79. The van der Waals surface area contributed by atoms with Gasteiger partial charge in [-0.15, -0.1) is 0 Å². The molecule has 1 fully saturated rings. The van der Waals surface area contributed by atoms with Crippen LogP contribution in [0.1, 0.15) is 18.4 Å². The molecule has 0 atom stereocenters. The summed E-state index contributed by atoms with van der Waals surface area (Å²) in [5, 5.41) is 8.92. The highest BCUT2D eigenvalue weighted by Crippen LogP contribution is 2.19. The smallest absolute Gasteiger partial charge is 0.387 e. The molecule has 7 heteroatoms. The second kappa shape index (κ2) is 7.20. The Kier molecular flexibility index (Phi) is 5.30. The van der Waals surface area contributed by atoms with Crippen molar-refractivity contribution in [2.24, 2.45) is 5.92 Å². The topological polar surface area (TPSA) is 66.8 Å². The molecular weight excluding hydrogens is 296 g/mol. The first-order valence-electron chi connectivity index (χ1n) is 7.00. The maximum Gasteiger partial charge on any atom is 0.387 e. The summed E-state index contributed by atoms with van der Waals surface area (Å²) >= 11 is 0. The second-order valence-corrected chi connectivity index (χ2v) is 5.19. The Morgan fingerprint density at radius 1 is 1.23 bits per heavy atom. The standard InChI is InChI=1S/C15H17F2NO4/c16-15(17)22-12-3-1-10(2-4-12)9-13(19)18-7-5-11(6-8-18)14(20)21/h1-4,11,15H,5-9H2,(H,20,21). The number of carbonyl (C=O) groups excluding carboxylic acids is 1. The Hall–Kier alpha value is -2.18.